The molecule has 0 heterocycles. The zero-order valence-electron chi connectivity index (χ0n) is 12.3. The standard InChI is InChI=1S/C17H16F4/c1-9-5-7-10(8-6-9)11-13(18)15(20)12(17(2,3)4)16(21)14(11)19/h5-8H,1-4H3. The molecule has 4 heteroatoms. The van der Waals surface area contributed by atoms with Crippen molar-refractivity contribution in [1.29, 1.82) is 0 Å². The minimum atomic E-state index is -1.36. The van der Waals surface area contributed by atoms with Crippen molar-refractivity contribution in [2.24, 2.45) is 0 Å². The van der Waals surface area contributed by atoms with Crippen LogP contribution < -0.4 is 0 Å². The Hall–Kier alpha value is -1.84. The molecule has 0 spiro atoms. The molecule has 0 aliphatic heterocycles. The maximum atomic E-state index is 14.2. The van der Waals surface area contributed by atoms with Crippen LogP contribution in [0.1, 0.15) is 31.9 Å². The molecular weight excluding hydrogens is 280 g/mol. The molecular formula is C17H16F4. The van der Waals surface area contributed by atoms with E-state index in [1.165, 1.54) is 32.9 Å². The van der Waals surface area contributed by atoms with Gasteiger partial charge in [-0.25, -0.2) is 17.6 Å². The Bertz CT molecular complexity index is 650. The van der Waals surface area contributed by atoms with E-state index in [2.05, 4.69) is 0 Å². The van der Waals surface area contributed by atoms with Crippen molar-refractivity contribution in [3.8, 4) is 11.1 Å². The number of hydrogen-bond donors (Lipinski definition) is 0. The summed E-state index contributed by atoms with van der Waals surface area (Å²) in [6.45, 7) is 6.30. The first-order valence-electron chi connectivity index (χ1n) is 6.58. The van der Waals surface area contributed by atoms with Gasteiger partial charge in [0, 0.05) is 5.56 Å². The highest BCUT2D eigenvalue weighted by molar-refractivity contribution is 5.66. The van der Waals surface area contributed by atoms with Crippen molar-refractivity contribution in [1.82, 2.24) is 0 Å². The van der Waals surface area contributed by atoms with Crippen LogP contribution >= 0.6 is 0 Å². The van der Waals surface area contributed by atoms with E-state index in [0.717, 1.165) is 5.56 Å². The molecule has 0 unspecified atom stereocenters. The van der Waals surface area contributed by atoms with E-state index in [9.17, 15) is 17.6 Å². The molecule has 0 N–H and O–H groups in total. The topological polar surface area (TPSA) is 0 Å². The van der Waals surface area contributed by atoms with Crippen LogP contribution in [0.15, 0.2) is 24.3 Å². The molecule has 0 radical (unpaired) electrons. The SMILES string of the molecule is Cc1ccc(-c2c(F)c(F)c(C(C)(C)C)c(F)c2F)cc1. The van der Waals surface area contributed by atoms with E-state index >= 15 is 0 Å². The summed E-state index contributed by atoms with van der Waals surface area (Å²) < 4.78 is 56.8. The van der Waals surface area contributed by atoms with Crippen LogP contribution in [0.4, 0.5) is 17.6 Å². The minimum Gasteiger partial charge on any atom is -0.203 e. The average Bonchev–Trinajstić information content (AvgIpc) is 2.37. The van der Waals surface area contributed by atoms with E-state index in [1.54, 1.807) is 19.1 Å². The van der Waals surface area contributed by atoms with Gasteiger partial charge in [0.15, 0.2) is 23.3 Å². The van der Waals surface area contributed by atoms with Crippen molar-refractivity contribution < 1.29 is 17.6 Å². The fraction of sp³-hybridized carbons (Fsp3) is 0.294. The first kappa shape index (κ1) is 15.5. The third-order valence-electron chi connectivity index (χ3n) is 3.35. The molecule has 0 aromatic heterocycles. The lowest BCUT2D eigenvalue weighted by atomic mass is 9.84. The number of rotatable bonds is 1. The van der Waals surface area contributed by atoms with Gasteiger partial charge in [-0.1, -0.05) is 50.6 Å². The first-order chi connectivity index (χ1) is 9.64. The lowest BCUT2D eigenvalue weighted by Crippen LogP contribution is -2.19. The van der Waals surface area contributed by atoms with E-state index in [-0.39, 0.29) is 5.56 Å². The molecule has 21 heavy (non-hydrogen) atoms. The summed E-state index contributed by atoms with van der Waals surface area (Å²) in [4.78, 5) is 0. The normalized spacial score (nSPS) is 11.8. The molecule has 0 saturated carbocycles. The highest BCUT2D eigenvalue weighted by Gasteiger charge is 2.32. The quantitative estimate of drug-likeness (QED) is 0.480. The molecule has 2 aromatic rings. The van der Waals surface area contributed by atoms with Gasteiger partial charge in [-0.05, 0) is 17.9 Å². The van der Waals surface area contributed by atoms with Crippen LogP contribution in [-0.2, 0) is 5.41 Å². The number of benzene rings is 2. The monoisotopic (exact) mass is 296 g/mol. The lowest BCUT2D eigenvalue weighted by Gasteiger charge is -2.22. The highest BCUT2D eigenvalue weighted by Crippen LogP contribution is 2.37. The second-order valence-corrected chi connectivity index (χ2v) is 6.12. The predicted octanol–water partition coefficient (Wildman–Crippen LogP) is 5.52. The summed E-state index contributed by atoms with van der Waals surface area (Å²) in [6.07, 6.45) is 0. The van der Waals surface area contributed by atoms with E-state index in [1.807, 2.05) is 0 Å². The van der Waals surface area contributed by atoms with Crippen molar-refractivity contribution in [3.05, 3.63) is 58.7 Å². The zero-order valence-corrected chi connectivity index (χ0v) is 12.3. The average molecular weight is 296 g/mol. The van der Waals surface area contributed by atoms with Crippen LogP contribution in [0.2, 0.25) is 0 Å². The van der Waals surface area contributed by atoms with Crippen molar-refractivity contribution in [2.45, 2.75) is 33.1 Å². The maximum absolute atomic E-state index is 14.2. The highest BCUT2D eigenvalue weighted by atomic mass is 19.2. The van der Waals surface area contributed by atoms with E-state index in [4.69, 9.17) is 0 Å². The molecule has 0 saturated heterocycles. The Morgan fingerprint density at radius 2 is 1.14 bits per heavy atom. The second-order valence-electron chi connectivity index (χ2n) is 6.12. The van der Waals surface area contributed by atoms with Gasteiger partial charge in [0.25, 0.3) is 0 Å². The predicted molar refractivity (Wildman–Crippen MR) is 75.1 cm³/mol. The van der Waals surface area contributed by atoms with Crippen molar-refractivity contribution >= 4 is 0 Å². The van der Waals surface area contributed by atoms with Gasteiger partial charge in [-0.15, -0.1) is 0 Å². The van der Waals surface area contributed by atoms with Gasteiger partial charge in [0.2, 0.25) is 0 Å². The van der Waals surface area contributed by atoms with Crippen LogP contribution in [0.3, 0.4) is 0 Å². The van der Waals surface area contributed by atoms with Gasteiger partial charge in [-0.2, -0.15) is 0 Å². The maximum Gasteiger partial charge on any atom is 0.170 e. The molecule has 0 aliphatic carbocycles. The Kier molecular flexibility index (Phi) is 3.83. The third kappa shape index (κ3) is 2.67. The van der Waals surface area contributed by atoms with Crippen LogP contribution in [0, 0.1) is 30.2 Å². The van der Waals surface area contributed by atoms with Gasteiger partial charge < -0.3 is 0 Å². The van der Waals surface area contributed by atoms with E-state index in [0.29, 0.717) is 0 Å². The van der Waals surface area contributed by atoms with Crippen LogP contribution in [0.25, 0.3) is 11.1 Å². The molecule has 0 nitrogen and oxygen atoms in total. The fourth-order valence-corrected chi connectivity index (χ4v) is 2.26. The molecule has 2 aromatic carbocycles. The number of aryl methyl sites for hydroxylation is 1. The smallest absolute Gasteiger partial charge is 0.170 e. The van der Waals surface area contributed by atoms with E-state index < -0.39 is 39.8 Å². The van der Waals surface area contributed by atoms with Gasteiger partial charge >= 0.3 is 0 Å². The molecule has 2 rings (SSSR count). The zero-order chi connectivity index (χ0) is 15.9. The Morgan fingerprint density at radius 3 is 1.52 bits per heavy atom. The lowest BCUT2D eigenvalue weighted by molar-refractivity contribution is 0.407. The summed E-state index contributed by atoms with van der Waals surface area (Å²) in [7, 11) is 0. The second kappa shape index (κ2) is 5.17. The summed E-state index contributed by atoms with van der Waals surface area (Å²) in [6, 6.07) is 6.13. The molecule has 0 atom stereocenters. The minimum absolute atomic E-state index is 0.105. The number of halogens is 4. The summed E-state index contributed by atoms with van der Waals surface area (Å²) in [5.74, 6) is -5.39. The number of hydrogen-bond acceptors (Lipinski definition) is 0. The fourth-order valence-electron chi connectivity index (χ4n) is 2.26. The third-order valence-corrected chi connectivity index (χ3v) is 3.35. The van der Waals surface area contributed by atoms with Crippen LogP contribution in [0.5, 0.6) is 0 Å². The molecule has 112 valence electrons. The summed E-state index contributed by atoms with van der Waals surface area (Å²) >= 11 is 0. The summed E-state index contributed by atoms with van der Waals surface area (Å²) in [5, 5.41) is 0. The van der Waals surface area contributed by atoms with Gasteiger partial charge in [-0.3, -0.25) is 0 Å². The Labute approximate surface area is 121 Å². The Morgan fingerprint density at radius 1 is 0.714 bits per heavy atom. The van der Waals surface area contributed by atoms with Crippen molar-refractivity contribution in [3.63, 3.8) is 0 Å². The Balaban J connectivity index is 2.79. The first-order valence-corrected chi connectivity index (χ1v) is 6.58. The van der Waals surface area contributed by atoms with Crippen molar-refractivity contribution in [2.75, 3.05) is 0 Å². The molecule has 0 fully saturated rings. The van der Waals surface area contributed by atoms with Gasteiger partial charge in [0.1, 0.15) is 0 Å². The molecule has 0 amide bonds. The largest absolute Gasteiger partial charge is 0.203 e. The van der Waals surface area contributed by atoms with Crippen LogP contribution in [-0.4, -0.2) is 0 Å². The molecule has 0 bridgehead atoms. The van der Waals surface area contributed by atoms with Gasteiger partial charge in [0.05, 0.1) is 5.56 Å². The molecule has 0 aliphatic rings. The summed E-state index contributed by atoms with van der Waals surface area (Å²) in [5.41, 5.74) is -1.30.